The minimum atomic E-state index is -0.312. The van der Waals surface area contributed by atoms with Gasteiger partial charge in [0.05, 0.1) is 0 Å². The minimum absolute atomic E-state index is 0.312. The molecule has 0 aliphatic carbocycles. The number of hydrogen-bond donors (Lipinski definition) is 5. The van der Waals surface area contributed by atoms with E-state index >= 15 is 0 Å². The molecular formula is C2H7N5OV+2. The molecular weight excluding hydrogens is 161 g/mol. The number of hydrogen-bond acceptors (Lipinski definition) is 3. The Morgan fingerprint density at radius 1 is 1.22 bits per heavy atom. The van der Waals surface area contributed by atoms with Gasteiger partial charge >= 0.3 is 21.0 Å². The Morgan fingerprint density at radius 3 is 1.44 bits per heavy atom. The molecule has 7 heteroatoms. The Hall–Kier alpha value is -0.876. The zero-order valence-electron chi connectivity index (χ0n) is 4.51. The number of rotatable bonds is 0. The fourth-order valence-electron chi connectivity index (χ4n) is 0.145. The van der Waals surface area contributed by atoms with Crippen LogP contribution in [-0.4, -0.2) is 11.9 Å². The molecule has 0 atom stereocenters. The molecule has 0 unspecified atom stereocenters. The van der Waals surface area contributed by atoms with E-state index in [1.165, 1.54) is 0 Å². The van der Waals surface area contributed by atoms with Crippen LogP contribution in [0.4, 0.5) is 0 Å². The van der Waals surface area contributed by atoms with Crippen molar-refractivity contribution in [3.05, 3.63) is 0 Å². The van der Waals surface area contributed by atoms with Gasteiger partial charge in [-0.05, 0) is 0 Å². The van der Waals surface area contributed by atoms with Gasteiger partial charge in [0.25, 0.3) is 0 Å². The standard InChI is InChI=1S/C2H7N5.O.V/c3-1(4)7-2(5)6;;/h(H7,3,4,5,6,7);;/q;;+2. The summed E-state index contributed by atoms with van der Waals surface area (Å²) in [6.07, 6.45) is 0. The molecule has 0 aliphatic rings. The van der Waals surface area contributed by atoms with Crippen molar-refractivity contribution in [3.63, 3.8) is 0 Å². The third-order valence-electron chi connectivity index (χ3n) is 0.269. The molecule has 9 heavy (non-hydrogen) atoms. The van der Waals surface area contributed by atoms with E-state index < -0.39 is 0 Å². The summed E-state index contributed by atoms with van der Waals surface area (Å²) < 4.78 is 8.19. The van der Waals surface area contributed by atoms with E-state index in [1.54, 1.807) is 0 Å². The van der Waals surface area contributed by atoms with Gasteiger partial charge in [-0.1, -0.05) is 0 Å². The molecule has 0 bridgehead atoms. The number of nitrogens with one attached hydrogen (secondary N) is 3. The molecule has 0 spiro atoms. The van der Waals surface area contributed by atoms with Gasteiger partial charge in [0.2, 0.25) is 0 Å². The van der Waals surface area contributed by atoms with Gasteiger partial charge in [0, 0.05) is 0 Å². The molecule has 0 amide bonds. The van der Waals surface area contributed by atoms with Crippen LogP contribution in [0, 0.1) is 10.8 Å². The van der Waals surface area contributed by atoms with Crippen LogP contribution >= 0.6 is 0 Å². The topological polar surface area (TPSA) is 129 Å². The Morgan fingerprint density at radius 2 is 1.44 bits per heavy atom. The summed E-state index contributed by atoms with van der Waals surface area (Å²) in [6.45, 7) is 0. The van der Waals surface area contributed by atoms with Crippen LogP contribution in [0.25, 0.3) is 0 Å². The fraction of sp³-hybridized carbons (Fsp3) is 0. The van der Waals surface area contributed by atoms with Crippen LogP contribution in [0.2, 0.25) is 0 Å². The summed E-state index contributed by atoms with van der Waals surface area (Å²) >= 11 is 1.06. The molecule has 49 valence electrons. The quantitative estimate of drug-likeness (QED) is 0.217. The summed E-state index contributed by atoms with van der Waals surface area (Å²) in [6, 6.07) is 0. The van der Waals surface area contributed by atoms with Crippen molar-refractivity contribution in [1.82, 2.24) is 5.32 Å². The predicted octanol–water partition coefficient (Wildman–Crippen LogP) is -1.76. The third kappa shape index (κ3) is 19.2. The molecule has 0 radical (unpaired) electrons. The molecule has 0 fully saturated rings. The third-order valence-corrected chi connectivity index (χ3v) is 0.269. The van der Waals surface area contributed by atoms with E-state index in [0.717, 1.165) is 17.4 Å². The predicted molar refractivity (Wildman–Crippen MR) is 27.7 cm³/mol. The van der Waals surface area contributed by atoms with Crippen molar-refractivity contribution in [2.45, 2.75) is 0 Å². The van der Waals surface area contributed by atoms with Gasteiger partial charge < -0.3 is 11.5 Å². The maximum atomic E-state index is 8.19. The first-order valence-corrected chi connectivity index (χ1v) is 2.33. The van der Waals surface area contributed by atoms with Crippen LogP contribution in [-0.2, 0) is 21.0 Å². The van der Waals surface area contributed by atoms with Crippen LogP contribution in [0.3, 0.4) is 0 Å². The zero-order chi connectivity index (χ0) is 7.86. The first kappa shape index (κ1) is 11.0. The Bertz CT molecular complexity index is 102. The van der Waals surface area contributed by atoms with Gasteiger partial charge in [0.1, 0.15) is 0 Å². The van der Waals surface area contributed by atoms with Crippen LogP contribution in [0.15, 0.2) is 0 Å². The van der Waals surface area contributed by atoms with Crippen molar-refractivity contribution in [3.8, 4) is 0 Å². The average molecular weight is 168 g/mol. The van der Waals surface area contributed by atoms with Gasteiger partial charge in [-0.2, -0.15) is 0 Å². The molecule has 0 rings (SSSR count). The summed E-state index contributed by atoms with van der Waals surface area (Å²) in [5.41, 5.74) is 9.49. The molecule has 6 nitrogen and oxygen atoms in total. The van der Waals surface area contributed by atoms with E-state index in [2.05, 4.69) is 0 Å². The van der Waals surface area contributed by atoms with Gasteiger partial charge in [0.15, 0.2) is 11.9 Å². The van der Waals surface area contributed by atoms with E-state index in [9.17, 15) is 0 Å². The second-order valence-electron chi connectivity index (χ2n) is 0.952. The molecule has 0 aromatic heterocycles. The maximum absolute atomic E-state index is 8.19. The molecule has 7 N–H and O–H groups in total. The Labute approximate surface area is 61.2 Å². The second kappa shape index (κ2) is 7.12. The molecule has 0 saturated carbocycles. The van der Waals surface area contributed by atoms with Crippen LogP contribution in [0.5, 0.6) is 0 Å². The van der Waals surface area contributed by atoms with E-state index in [1.807, 2.05) is 5.32 Å². The van der Waals surface area contributed by atoms with E-state index in [0.29, 0.717) is 0 Å². The van der Waals surface area contributed by atoms with Crippen molar-refractivity contribution >= 4 is 11.9 Å². The molecule has 0 aromatic carbocycles. The summed E-state index contributed by atoms with van der Waals surface area (Å²) in [7, 11) is 0. The van der Waals surface area contributed by atoms with Crippen LogP contribution < -0.4 is 16.8 Å². The second-order valence-corrected chi connectivity index (χ2v) is 0.952. The number of guanidine groups is 2. The summed E-state index contributed by atoms with van der Waals surface area (Å²) in [4.78, 5) is 0. The van der Waals surface area contributed by atoms with Crippen LogP contribution in [0.1, 0.15) is 0 Å². The monoisotopic (exact) mass is 168 g/mol. The first-order chi connectivity index (χ1) is 4.13. The Kier molecular flexibility index (Phi) is 8.70. The molecule has 0 aromatic rings. The SMILES string of the molecule is N=C(N)NC(=N)N.[O]=[V+2]. The summed E-state index contributed by atoms with van der Waals surface area (Å²) in [5.74, 6) is -0.625. The van der Waals surface area contributed by atoms with Gasteiger partial charge in [-0.15, -0.1) is 0 Å². The van der Waals surface area contributed by atoms with E-state index in [4.69, 9.17) is 26.0 Å². The molecule has 0 heterocycles. The Balaban J connectivity index is 0. The van der Waals surface area contributed by atoms with Crippen molar-refractivity contribution in [1.29, 1.82) is 10.8 Å². The van der Waals surface area contributed by atoms with Crippen molar-refractivity contribution < 1.29 is 21.0 Å². The zero-order valence-corrected chi connectivity index (χ0v) is 5.91. The van der Waals surface area contributed by atoms with Crippen molar-refractivity contribution in [2.24, 2.45) is 11.5 Å². The molecule has 0 aliphatic heterocycles. The van der Waals surface area contributed by atoms with Crippen molar-refractivity contribution in [2.75, 3.05) is 0 Å². The molecule has 0 saturated heterocycles. The summed E-state index contributed by atoms with van der Waals surface area (Å²) in [5, 5.41) is 15.0. The van der Waals surface area contributed by atoms with Gasteiger partial charge in [-0.25, -0.2) is 0 Å². The van der Waals surface area contributed by atoms with E-state index in [-0.39, 0.29) is 11.9 Å². The average Bonchev–Trinajstić information content (AvgIpc) is 1.68. The first-order valence-electron chi connectivity index (χ1n) is 1.76. The fourth-order valence-corrected chi connectivity index (χ4v) is 0.145. The normalized spacial score (nSPS) is 6.44. The van der Waals surface area contributed by atoms with Gasteiger partial charge in [-0.3, -0.25) is 16.1 Å². The number of nitrogens with two attached hydrogens (primary N) is 2.